The fraction of sp³-hybridized carbons (Fsp3) is 0.556. The van der Waals surface area contributed by atoms with Gasteiger partial charge in [0.25, 0.3) is 11.8 Å². The van der Waals surface area contributed by atoms with Crippen molar-refractivity contribution >= 4 is 11.8 Å². The number of hydrogen-bond donors (Lipinski definition) is 1. The third-order valence-corrected chi connectivity index (χ3v) is 1.93. The lowest BCUT2D eigenvalue weighted by Crippen LogP contribution is -2.33. The van der Waals surface area contributed by atoms with Crippen molar-refractivity contribution in [1.82, 2.24) is 4.90 Å². The summed E-state index contributed by atoms with van der Waals surface area (Å²) in [6.45, 7) is 1.87. The van der Waals surface area contributed by atoms with Crippen molar-refractivity contribution in [2.45, 2.75) is 19.8 Å². The van der Waals surface area contributed by atoms with Crippen LogP contribution in [-0.2, 0) is 9.59 Å². The third kappa shape index (κ3) is 1.95. The number of hydrogen-bond acceptors (Lipinski definition) is 3. The lowest BCUT2D eigenvalue weighted by Gasteiger charge is -2.12. The number of β-amino-alcohol motifs (C(OH)–C–C–N with tert-alkyl or cyclic N) is 1. The second-order valence-corrected chi connectivity index (χ2v) is 2.94. The van der Waals surface area contributed by atoms with Crippen LogP contribution >= 0.6 is 0 Å². The summed E-state index contributed by atoms with van der Waals surface area (Å²) in [4.78, 5) is 23.7. The normalized spacial score (nSPS) is 16.8. The Hall–Kier alpha value is -1.16. The lowest BCUT2D eigenvalue weighted by molar-refractivity contribution is -0.137. The zero-order valence-electron chi connectivity index (χ0n) is 7.62. The Morgan fingerprint density at radius 3 is 2.69 bits per heavy atom. The predicted molar refractivity (Wildman–Crippen MR) is 46.8 cm³/mol. The van der Waals surface area contributed by atoms with Gasteiger partial charge in [-0.2, -0.15) is 0 Å². The zero-order chi connectivity index (χ0) is 9.84. The Labute approximate surface area is 76.8 Å². The number of rotatable bonds is 4. The quantitative estimate of drug-likeness (QED) is 0.628. The van der Waals surface area contributed by atoms with Gasteiger partial charge < -0.3 is 5.11 Å². The van der Waals surface area contributed by atoms with Crippen molar-refractivity contribution in [3.63, 3.8) is 0 Å². The molecule has 1 heterocycles. The van der Waals surface area contributed by atoms with Gasteiger partial charge >= 0.3 is 0 Å². The minimum Gasteiger partial charge on any atom is -0.395 e. The number of aliphatic hydroxyl groups is 1. The largest absolute Gasteiger partial charge is 0.395 e. The summed E-state index contributed by atoms with van der Waals surface area (Å²) in [7, 11) is 0. The Kier molecular flexibility index (Phi) is 3.19. The highest BCUT2D eigenvalue weighted by Crippen LogP contribution is 2.16. The van der Waals surface area contributed by atoms with E-state index in [1.807, 2.05) is 6.92 Å². The lowest BCUT2D eigenvalue weighted by atomic mass is 10.1. The number of aliphatic hydroxyl groups excluding tert-OH is 1. The summed E-state index contributed by atoms with van der Waals surface area (Å²) < 4.78 is 0. The molecule has 4 heteroatoms. The summed E-state index contributed by atoms with van der Waals surface area (Å²) >= 11 is 0. The molecule has 0 fully saturated rings. The molecule has 0 radical (unpaired) electrons. The van der Waals surface area contributed by atoms with Gasteiger partial charge in [-0.25, -0.2) is 0 Å². The first kappa shape index (κ1) is 9.92. The summed E-state index contributed by atoms with van der Waals surface area (Å²) in [5.41, 5.74) is 0.556. The number of imide groups is 1. The van der Waals surface area contributed by atoms with E-state index in [1.165, 1.54) is 6.08 Å². The van der Waals surface area contributed by atoms with E-state index in [0.29, 0.717) is 12.0 Å². The highest BCUT2D eigenvalue weighted by molar-refractivity contribution is 6.16. The smallest absolute Gasteiger partial charge is 0.256 e. The van der Waals surface area contributed by atoms with Gasteiger partial charge in [0, 0.05) is 11.6 Å². The standard InChI is InChI=1S/C9H13NO3/c1-2-3-7-6-8(12)10(4-5-11)9(7)13/h6,11H,2-5H2,1H3. The zero-order valence-corrected chi connectivity index (χ0v) is 7.62. The summed E-state index contributed by atoms with van der Waals surface area (Å²) in [5, 5.41) is 8.61. The van der Waals surface area contributed by atoms with Gasteiger partial charge in [0.2, 0.25) is 0 Å². The van der Waals surface area contributed by atoms with Crippen LogP contribution in [0.25, 0.3) is 0 Å². The van der Waals surface area contributed by atoms with Gasteiger partial charge in [-0.1, -0.05) is 13.3 Å². The SMILES string of the molecule is CCCC1=CC(=O)N(CCO)C1=O. The molecule has 0 unspecified atom stereocenters. The first-order valence-corrected chi connectivity index (χ1v) is 4.38. The molecule has 0 aliphatic carbocycles. The van der Waals surface area contributed by atoms with E-state index in [9.17, 15) is 9.59 Å². The molecule has 1 N–H and O–H groups in total. The van der Waals surface area contributed by atoms with Crippen molar-refractivity contribution in [2.75, 3.05) is 13.2 Å². The van der Waals surface area contributed by atoms with E-state index >= 15 is 0 Å². The molecule has 0 saturated carbocycles. The molecule has 1 rings (SSSR count). The maximum absolute atomic E-state index is 11.4. The third-order valence-electron chi connectivity index (χ3n) is 1.93. The van der Waals surface area contributed by atoms with Crippen molar-refractivity contribution in [2.24, 2.45) is 0 Å². The molecule has 0 aromatic heterocycles. The molecule has 0 aromatic carbocycles. The number of amides is 2. The molecular formula is C9H13NO3. The number of nitrogens with zero attached hydrogens (tertiary/aromatic N) is 1. The molecule has 0 atom stereocenters. The van der Waals surface area contributed by atoms with Crippen molar-refractivity contribution in [3.8, 4) is 0 Å². The van der Waals surface area contributed by atoms with Crippen molar-refractivity contribution < 1.29 is 14.7 Å². The van der Waals surface area contributed by atoms with E-state index < -0.39 is 0 Å². The first-order valence-electron chi connectivity index (χ1n) is 4.38. The summed E-state index contributed by atoms with van der Waals surface area (Å²) in [5.74, 6) is -0.552. The molecule has 0 spiro atoms. The monoisotopic (exact) mass is 183 g/mol. The van der Waals surface area contributed by atoms with E-state index in [0.717, 1.165) is 11.3 Å². The molecule has 0 aromatic rings. The maximum atomic E-state index is 11.4. The molecular weight excluding hydrogens is 170 g/mol. The van der Waals surface area contributed by atoms with Crippen LogP contribution in [0.5, 0.6) is 0 Å². The molecule has 13 heavy (non-hydrogen) atoms. The van der Waals surface area contributed by atoms with Crippen LogP contribution in [-0.4, -0.2) is 35.0 Å². The van der Waals surface area contributed by atoms with Gasteiger partial charge in [-0.15, -0.1) is 0 Å². The van der Waals surface area contributed by atoms with Crippen LogP contribution in [0.1, 0.15) is 19.8 Å². The molecule has 72 valence electrons. The van der Waals surface area contributed by atoms with Gasteiger partial charge in [-0.3, -0.25) is 14.5 Å². The average molecular weight is 183 g/mol. The average Bonchev–Trinajstić information content (AvgIpc) is 2.34. The molecule has 1 aliphatic heterocycles. The first-order chi connectivity index (χ1) is 6.20. The van der Waals surface area contributed by atoms with E-state index in [4.69, 9.17) is 5.11 Å². The maximum Gasteiger partial charge on any atom is 0.256 e. The van der Waals surface area contributed by atoms with E-state index in [-0.39, 0.29) is 25.0 Å². The minimum absolute atomic E-state index is 0.0986. The van der Waals surface area contributed by atoms with Crippen LogP contribution < -0.4 is 0 Å². The van der Waals surface area contributed by atoms with Gasteiger partial charge in [0.1, 0.15) is 0 Å². The second kappa shape index (κ2) is 4.18. The number of carbonyl (C=O) groups excluding carboxylic acids is 2. The fourth-order valence-corrected chi connectivity index (χ4v) is 1.32. The molecule has 1 aliphatic rings. The van der Waals surface area contributed by atoms with Crippen LogP contribution in [0.3, 0.4) is 0 Å². The van der Waals surface area contributed by atoms with Gasteiger partial charge in [0.15, 0.2) is 0 Å². The minimum atomic E-state index is -0.303. The Morgan fingerprint density at radius 2 is 2.15 bits per heavy atom. The predicted octanol–water partition coefficient (Wildman–Crippen LogP) is 0.0740. The molecule has 0 saturated heterocycles. The highest BCUT2D eigenvalue weighted by Gasteiger charge is 2.29. The summed E-state index contributed by atoms with van der Waals surface area (Å²) in [6.07, 6.45) is 2.84. The van der Waals surface area contributed by atoms with Crippen LogP contribution in [0.2, 0.25) is 0 Å². The Morgan fingerprint density at radius 1 is 1.46 bits per heavy atom. The van der Waals surface area contributed by atoms with Crippen LogP contribution in [0.15, 0.2) is 11.6 Å². The summed E-state index contributed by atoms with van der Waals surface area (Å²) in [6, 6.07) is 0. The Bertz CT molecular complexity index is 258. The van der Waals surface area contributed by atoms with Gasteiger partial charge in [0.05, 0.1) is 13.2 Å². The van der Waals surface area contributed by atoms with Crippen LogP contribution in [0, 0.1) is 0 Å². The molecule has 4 nitrogen and oxygen atoms in total. The van der Waals surface area contributed by atoms with Crippen LogP contribution in [0.4, 0.5) is 0 Å². The fourth-order valence-electron chi connectivity index (χ4n) is 1.32. The topological polar surface area (TPSA) is 57.6 Å². The Balaban J connectivity index is 2.68. The van der Waals surface area contributed by atoms with Gasteiger partial charge in [-0.05, 0) is 6.42 Å². The van der Waals surface area contributed by atoms with E-state index in [2.05, 4.69) is 0 Å². The van der Waals surface area contributed by atoms with E-state index in [1.54, 1.807) is 0 Å². The number of carbonyl (C=O) groups is 2. The second-order valence-electron chi connectivity index (χ2n) is 2.94. The van der Waals surface area contributed by atoms with Crippen molar-refractivity contribution in [3.05, 3.63) is 11.6 Å². The van der Waals surface area contributed by atoms with Crippen molar-refractivity contribution in [1.29, 1.82) is 0 Å². The highest BCUT2D eigenvalue weighted by atomic mass is 16.3. The molecule has 0 bridgehead atoms. The molecule has 2 amide bonds.